The van der Waals surface area contributed by atoms with Crippen molar-refractivity contribution in [1.82, 2.24) is 4.72 Å². The molecule has 0 radical (unpaired) electrons. The largest absolute Gasteiger partial charge is 0.312 e. The highest BCUT2D eigenvalue weighted by Crippen LogP contribution is 2.31. The Labute approximate surface area is 155 Å². The lowest BCUT2D eigenvalue weighted by Gasteiger charge is -2.18. The van der Waals surface area contributed by atoms with Gasteiger partial charge in [-0.05, 0) is 55.2 Å². The molecule has 5 nitrogen and oxygen atoms in total. The smallest absolute Gasteiger partial charge is 0.241 e. The highest BCUT2D eigenvalue weighted by Gasteiger charge is 2.26. The number of hydrogen-bond acceptors (Lipinski definition) is 3. The van der Waals surface area contributed by atoms with Crippen LogP contribution < -0.4 is 9.62 Å². The van der Waals surface area contributed by atoms with Crippen molar-refractivity contribution in [3.05, 3.63) is 59.2 Å². The zero-order valence-electron chi connectivity index (χ0n) is 15.3. The van der Waals surface area contributed by atoms with Crippen molar-refractivity contribution in [2.75, 3.05) is 11.4 Å². The number of fused-ring (bicyclic) bond motifs is 1. The molecule has 3 rings (SSSR count). The second kappa shape index (κ2) is 7.21. The zero-order chi connectivity index (χ0) is 18.9. The Kier molecular flexibility index (Phi) is 5.16. The van der Waals surface area contributed by atoms with Gasteiger partial charge in [0.05, 0.1) is 4.90 Å². The van der Waals surface area contributed by atoms with Gasteiger partial charge in [-0.15, -0.1) is 0 Å². The summed E-state index contributed by atoms with van der Waals surface area (Å²) in [6.45, 7) is 6.25. The quantitative estimate of drug-likeness (QED) is 0.875. The Morgan fingerprint density at radius 1 is 1.23 bits per heavy atom. The molecule has 1 N–H and O–H groups in total. The summed E-state index contributed by atoms with van der Waals surface area (Å²) in [5, 5.41) is 0. The number of nitrogens with one attached hydrogen (secondary N) is 1. The average Bonchev–Trinajstić information content (AvgIpc) is 3.04. The average molecular weight is 372 g/mol. The lowest BCUT2D eigenvalue weighted by Crippen LogP contribution is -2.28. The molecule has 0 saturated heterocycles. The summed E-state index contributed by atoms with van der Waals surface area (Å²) < 4.78 is 28.4. The zero-order valence-corrected chi connectivity index (χ0v) is 16.1. The van der Waals surface area contributed by atoms with Crippen LogP contribution in [0.4, 0.5) is 5.69 Å². The van der Waals surface area contributed by atoms with Gasteiger partial charge in [0.25, 0.3) is 0 Å². The predicted octanol–water partition coefficient (Wildman–Crippen LogP) is 3.33. The Morgan fingerprint density at radius 2 is 1.96 bits per heavy atom. The highest BCUT2D eigenvalue weighted by molar-refractivity contribution is 7.89. The lowest BCUT2D eigenvalue weighted by molar-refractivity contribution is -0.118. The molecule has 1 aliphatic heterocycles. The van der Waals surface area contributed by atoms with Crippen LogP contribution in [0.5, 0.6) is 0 Å². The highest BCUT2D eigenvalue weighted by atomic mass is 32.2. The second-order valence-corrected chi connectivity index (χ2v) is 8.35. The van der Waals surface area contributed by atoms with Crippen LogP contribution in [0, 0.1) is 6.92 Å². The van der Waals surface area contributed by atoms with Crippen molar-refractivity contribution in [1.29, 1.82) is 0 Å². The van der Waals surface area contributed by atoms with Gasteiger partial charge in [-0.25, -0.2) is 13.1 Å². The van der Waals surface area contributed by atoms with Crippen LogP contribution in [0.1, 0.15) is 43.0 Å². The van der Waals surface area contributed by atoms with E-state index in [1.54, 1.807) is 23.1 Å². The summed E-state index contributed by atoms with van der Waals surface area (Å²) in [6.07, 6.45) is 1.12. The fraction of sp³-hybridized carbons (Fsp3) is 0.350. The van der Waals surface area contributed by atoms with Crippen LogP contribution in [0.2, 0.25) is 0 Å². The third kappa shape index (κ3) is 3.52. The summed E-state index contributed by atoms with van der Waals surface area (Å²) in [5.74, 6) is 0.0608. The topological polar surface area (TPSA) is 66.5 Å². The molecule has 1 aliphatic rings. The lowest BCUT2D eigenvalue weighted by atomic mass is 10.0. The van der Waals surface area contributed by atoms with E-state index in [2.05, 4.69) is 4.72 Å². The molecule has 0 aromatic heterocycles. The molecule has 2 aromatic carbocycles. The number of rotatable bonds is 5. The SMILES string of the molecule is CCC(=O)N1CCc2cc(S(=O)(=O)N[C@H](C)c3ccccc3C)ccc21. The first-order valence-electron chi connectivity index (χ1n) is 8.84. The maximum Gasteiger partial charge on any atom is 0.241 e. The van der Waals surface area contributed by atoms with E-state index in [1.807, 2.05) is 45.0 Å². The number of sulfonamides is 1. The van der Waals surface area contributed by atoms with Gasteiger partial charge in [0, 0.05) is 24.7 Å². The molecule has 138 valence electrons. The molecule has 6 heteroatoms. The van der Waals surface area contributed by atoms with Crippen molar-refractivity contribution in [3.63, 3.8) is 0 Å². The van der Waals surface area contributed by atoms with Crippen molar-refractivity contribution in [2.24, 2.45) is 0 Å². The van der Waals surface area contributed by atoms with Crippen LogP contribution >= 0.6 is 0 Å². The Morgan fingerprint density at radius 3 is 2.65 bits per heavy atom. The molecule has 0 unspecified atom stereocenters. The standard InChI is InChI=1S/C20H24N2O3S/c1-4-20(23)22-12-11-16-13-17(9-10-19(16)22)26(24,25)21-15(3)18-8-6-5-7-14(18)2/h5-10,13,15,21H,4,11-12H2,1-3H3/t15-/m1/s1. The molecule has 0 spiro atoms. The number of anilines is 1. The van der Waals surface area contributed by atoms with Crippen molar-refractivity contribution in [3.8, 4) is 0 Å². The first-order valence-corrected chi connectivity index (χ1v) is 10.3. The van der Waals surface area contributed by atoms with Crippen LogP contribution in [0.15, 0.2) is 47.4 Å². The minimum Gasteiger partial charge on any atom is -0.312 e. The van der Waals surface area contributed by atoms with Gasteiger partial charge in [-0.3, -0.25) is 4.79 Å². The molecular formula is C20H24N2O3S. The van der Waals surface area contributed by atoms with Crippen LogP contribution in [0.25, 0.3) is 0 Å². The van der Waals surface area contributed by atoms with Crippen LogP contribution in [-0.4, -0.2) is 20.9 Å². The normalized spacial score (nSPS) is 15.0. The number of amides is 1. The van der Waals surface area contributed by atoms with Gasteiger partial charge in [-0.1, -0.05) is 31.2 Å². The maximum absolute atomic E-state index is 12.8. The molecule has 2 aromatic rings. The van der Waals surface area contributed by atoms with Gasteiger partial charge in [-0.2, -0.15) is 0 Å². The van der Waals surface area contributed by atoms with Crippen molar-refractivity contribution < 1.29 is 13.2 Å². The van der Waals surface area contributed by atoms with Gasteiger partial charge >= 0.3 is 0 Å². The van der Waals surface area contributed by atoms with E-state index in [-0.39, 0.29) is 16.8 Å². The minimum absolute atomic E-state index is 0.0608. The van der Waals surface area contributed by atoms with E-state index in [0.29, 0.717) is 19.4 Å². The third-order valence-corrected chi connectivity index (χ3v) is 6.39. The predicted molar refractivity (Wildman–Crippen MR) is 103 cm³/mol. The van der Waals surface area contributed by atoms with E-state index in [4.69, 9.17) is 0 Å². The van der Waals surface area contributed by atoms with E-state index >= 15 is 0 Å². The fourth-order valence-corrected chi connectivity index (χ4v) is 4.71. The van der Waals surface area contributed by atoms with E-state index in [9.17, 15) is 13.2 Å². The Hall–Kier alpha value is -2.18. The molecule has 0 aliphatic carbocycles. The van der Waals surface area contributed by atoms with Gasteiger partial charge < -0.3 is 4.90 Å². The van der Waals surface area contributed by atoms with Crippen molar-refractivity contribution in [2.45, 2.75) is 44.6 Å². The summed E-state index contributed by atoms with van der Waals surface area (Å²) in [6, 6.07) is 12.4. The van der Waals surface area contributed by atoms with E-state index in [0.717, 1.165) is 22.4 Å². The van der Waals surface area contributed by atoms with E-state index < -0.39 is 10.0 Å². The number of hydrogen-bond donors (Lipinski definition) is 1. The molecule has 0 fully saturated rings. The summed E-state index contributed by atoms with van der Waals surface area (Å²) in [5.41, 5.74) is 3.73. The molecule has 0 saturated carbocycles. The number of aryl methyl sites for hydroxylation is 1. The van der Waals surface area contributed by atoms with Crippen molar-refractivity contribution >= 4 is 21.6 Å². The van der Waals surface area contributed by atoms with Gasteiger partial charge in [0.2, 0.25) is 15.9 Å². The first-order chi connectivity index (χ1) is 12.3. The second-order valence-electron chi connectivity index (χ2n) is 6.64. The Bertz CT molecular complexity index is 938. The summed E-state index contributed by atoms with van der Waals surface area (Å²) >= 11 is 0. The molecule has 1 amide bonds. The fourth-order valence-electron chi connectivity index (χ4n) is 3.43. The summed E-state index contributed by atoms with van der Waals surface area (Å²) in [4.78, 5) is 14.0. The first kappa shape index (κ1) is 18.6. The molecule has 26 heavy (non-hydrogen) atoms. The molecule has 0 bridgehead atoms. The Balaban J connectivity index is 1.85. The van der Waals surface area contributed by atoms with Gasteiger partial charge in [0.1, 0.15) is 0 Å². The molecular weight excluding hydrogens is 348 g/mol. The molecule has 1 atom stereocenters. The van der Waals surface area contributed by atoms with Crippen LogP contribution in [0.3, 0.4) is 0 Å². The third-order valence-electron chi connectivity index (χ3n) is 4.85. The number of carbonyl (C=O) groups excluding carboxylic acids is 1. The maximum atomic E-state index is 12.8. The van der Waals surface area contributed by atoms with E-state index in [1.165, 1.54) is 0 Å². The van der Waals surface area contributed by atoms with Gasteiger partial charge in [0.15, 0.2) is 0 Å². The van der Waals surface area contributed by atoms with Crippen LogP contribution in [-0.2, 0) is 21.2 Å². The monoisotopic (exact) mass is 372 g/mol. The number of carbonyl (C=O) groups is 1. The molecule has 1 heterocycles. The minimum atomic E-state index is -3.64. The summed E-state index contributed by atoms with van der Waals surface area (Å²) in [7, 11) is -3.64. The number of nitrogens with zero attached hydrogens (tertiary/aromatic N) is 1. The number of benzene rings is 2.